The number of anilines is 1. The molecule has 5 nitrogen and oxygen atoms in total. The lowest BCUT2D eigenvalue weighted by Crippen LogP contribution is -2.26. The van der Waals surface area contributed by atoms with Gasteiger partial charge in [-0.2, -0.15) is 0 Å². The highest BCUT2D eigenvalue weighted by Gasteiger charge is 2.21. The SMILES string of the molecule is CC(C)Cc1ccc(C(C)N(Cc2ccccc2)c2cccc(C(=O)c3cn(CCCC(=O)OCc4ccccc4)c4ccccc34)c2)cc1. The molecule has 0 saturated heterocycles. The second kappa shape index (κ2) is 16.3. The second-order valence-corrected chi connectivity index (χ2v) is 13.5. The standard InChI is InChI=1S/C45H46N2O3/c1-33(2)28-35-23-25-38(26-24-35)34(3)47(30-36-14-6-4-7-15-36)40-19-12-18-39(29-40)45(49)42-31-46(43-21-11-10-20-41(42)43)27-13-22-44(48)50-32-37-16-8-5-9-17-37/h4-12,14-21,23-26,29,31,33-34H,13,22,27-28,30,32H2,1-3H3. The molecule has 6 aromatic rings. The first-order valence-corrected chi connectivity index (χ1v) is 17.7. The fourth-order valence-electron chi connectivity index (χ4n) is 6.61. The Morgan fingerprint density at radius 1 is 0.720 bits per heavy atom. The molecule has 1 atom stereocenters. The van der Waals surface area contributed by atoms with Gasteiger partial charge >= 0.3 is 5.97 Å². The molecule has 0 bridgehead atoms. The number of rotatable bonds is 15. The van der Waals surface area contributed by atoms with Gasteiger partial charge < -0.3 is 14.2 Å². The van der Waals surface area contributed by atoms with Crippen LogP contribution in [0, 0.1) is 5.92 Å². The number of ether oxygens (including phenoxy) is 1. The molecule has 0 saturated carbocycles. The Morgan fingerprint density at radius 3 is 2.12 bits per heavy atom. The fraction of sp³-hybridized carbons (Fsp3) is 0.244. The van der Waals surface area contributed by atoms with Crippen LogP contribution in [0.1, 0.15) is 77.8 Å². The van der Waals surface area contributed by atoms with E-state index in [0.29, 0.717) is 43.0 Å². The maximum atomic E-state index is 14.3. The van der Waals surface area contributed by atoms with Crippen LogP contribution in [0.15, 0.2) is 140 Å². The fourth-order valence-corrected chi connectivity index (χ4v) is 6.61. The van der Waals surface area contributed by atoms with Gasteiger partial charge in [-0.1, -0.05) is 129 Å². The number of ketones is 1. The summed E-state index contributed by atoms with van der Waals surface area (Å²) in [6.07, 6.45) is 3.92. The summed E-state index contributed by atoms with van der Waals surface area (Å²) in [4.78, 5) is 29.1. The van der Waals surface area contributed by atoms with Gasteiger partial charge in [-0.3, -0.25) is 9.59 Å². The van der Waals surface area contributed by atoms with Gasteiger partial charge in [0.25, 0.3) is 0 Å². The lowest BCUT2D eigenvalue weighted by atomic mass is 9.98. The number of carbonyl (C=O) groups is 2. The summed E-state index contributed by atoms with van der Waals surface area (Å²) < 4.78 is 7.57. The third-order valence-corrected chi connectivity index (χ3v) is 9.27. The number of para-hydroxylation sites is 1. The topological polar surface area (TPSA) is 51.5 Å². The first-order chi connectivity index (χ1) is 24.4. The van der Waals surface area contributed by atoms with Gasteiger partial charge in [0.15, 0.2) is 5.78 Å². The number of hydrogen-bond acceptors (Lipinski definition) is 4. The quantitative estimate of drug-likeness (QED) is 0.0811. The Kier molecular flexibility index (Phi) is 11.2. The zero-order valence-electron chi connectivity index (χ0n) is 29.3. The van der Waals surface area contributed by atoms with Crippen LogP contribution in [0.3, 0.4) is 0 Å². The van der Waals surface area contributed by atoms with Crippen molar-refractivity contribution in [2.24, 2.45) is 5.92 Å². The van der Waals surface area contributed by atoms with E-state index in [1.54, 1.807) is 0 Å². The highest BCUT2D eigenvalue weighted by molar-refractivity contribution is 6.16. The van der Waals surface area contributed by atoms with Crippen molar-refractivity contribution in [3.05, 3.63) is 173 Å². The molecule has 254 valence electrons. The van der Waals surface area contributed by atoms with Crippen molar-refractivity contribution >= 4 is 28.3 Å². The summed E-state index contributed by atoms with van der Waals surface area (Å²) in [6, 6.07) is 45.3. The minimum absolute atomic E-state index is 0.0191. The zero-order valence-corrected chi connectivity index (χ0v) is 29.3. The van der Waals surface area contributed by atoms with Gasteiger partial charge in [0.2, 0.25) is 0 Å². The molecule has 0 aliphatic rings. The minimum Gasteiger partial charge on any atom is -0.461 e. The van der Waals surface area contributed by atoms with Crippen molar-refractivity contribution in [2.45, 2.75) is 65.8 Å². The van der Waals surface area contributed by atoms with Crippen LogP contribution >= 0.6 is 0 Å². The van der Waals surface area contributed by atoms with E-state index in [2.05, 4.69) is 84.8 Å². The van der Waals surface area contributed by atoms with E-state index in [4.69, 9.17) is 4.74 Å². The number of esters is 1. The van der Waals surface area contributed by atoms with E-state index in [1.807, 2.05) is 85.1 Å². The molecule has 5 heteroatoms. The molecule has 1 heterocycles. The molecule has 5 aromatic carbocycles. The van der Waals surface area contributed by atoms with Crippen LogP contribution in [0.5, 0.6) is 0 Å². The number of fused-ring (bicyclic) bond motifs is 1. The number of carbonyl (C=O) groups excluding carboxylic acids is 2. The predicted octanol–water partition coefficient (Wildman–Crippen LogP) is 10.4. The lowest BCUT2D eigenvalue weighted by molar-refractivity contribution is -0.145. The lowest BCUT2D eigenvalue weighted by Gasteiger charge is -2.32. The predicted molar refractivity (Wildman–Crippen MR) is 203 cm³/mol. The van der Waals surface area contributed by atoms with E-state index in [-0.39, 0.29) is 24.4 Å². The first-order valence-electron chi connectivity index (χ1n) is 17.7. The Morgan fingerprint density at radius 2 is 1.40 bits per heavy atom. The summed E-state index contributed by atoms with van der Waals surface area (Å²) in [5, 5.41) is 0.908. The average Bonchev–Trinajstić information content (AvgIpc) is 3.52. The van der Waals surface area contributed by atoms with Crippen molar-refractivity contribution in [3.8, 4) is 0 Å². The molecular formula is C45H46N2O3. The summed E-state index contributed by atoms with van der Waals surface area (Å²) in [7, 11) is 0. The Hall–Kier alpha value is -5.42. The van der Waals surface area contributed by atoms with Crippen LogP contribution in [0.4, 0.5) is 5.69 Å². The number of hydrogen-bond donors (Lipinski definition) is 0. The summed E-state index contributed by atoms with van der Waals surface area (Å²) in [6.45, 7) is 8.32. The van der Waals surface area contributed by atoms with Gasteiger partial charge in [-0.25, -0.2) is 0 Å². The number of nitrogens with zero attached hydrogens (tertiary/aromatic N) is 2. The van der Waals surface area contributed by atoms with E-state index in [9.17, 15) is 9.59 Å². The smallest absolute Gasteiger partial charge is 0.306 e. The maximum absolute atomic E-state index is 14.3. The molecular weight excluding hydrogens is 617 g/mol. The highest BCUT2D eigenvalue weighted by atomic mass is 16.5. The highest BCUT2D eigenvalue weighted by Crippen LogP contribution is 2.32. The van der Waals surface area contributed by atoms with Gasteiger partial charge in [0.1, 0.15) is 6.61 Å². The number of benzene rings is 5. The molecule has 0 spiro atoms. The summed E-state index contributed by atoms with van der Waals surface area (Å²) >= 11 is 0. The average molecular weight is 663 g/mol. The van der Waals surface area contributed by atoms with E-state index in [1.165, 1.54) is 16.7 Å². The van der Waals surface area contributed by atoms with Crippen LogP contribution < -0.4 is 4.90 Å². The molecule has 0 radical (unpaired) electrons. The normalized spacial score (nSPS) is 11.8. The summed E-state index contributed by atoms with van der Waals surface area (Å²) in [5.41, 5.74) is 8.04. The van der Waals surface area contributed by atoms with Gasteiger partial charge in [0, 0.05) is 53.4 Å². The Labute approximate surface area is 296 Å². The van der Waals surface area contributed by atoms with Crippen LogP contribution in [0.2, 0.25) is 0 Å². The molecule has 50 heavy (non-hydrogen) atoms. The third-order valence-electron chi connectivity index (χ3n) is 9.27. The summed E-state index contributed by atoms with van der Waals surface area (Å²) in [5.74, 6) is 0.366. The van der Waals surface area contributed by atoms with Crippen LogP contribution in [-0.2, 0) is 35.6 Å². The van der Waals surface area contributed by atoms with Crippen LogP contribution in [0.25, 0.3) is 10.9 Å². The molecule has 1 aromatic heterocycles. The molecule has 0 aliphatic carbocycles. The molecule has 0 aliphatic heterocycles. The van der Waals surface area contributed by atoms with Gasteiger partial charge in [-0.15, -0.1) is 0 Å². The Bertz CT molecular complexity index is 2010. The van der Waals surface area contributed by atoms with Crippen molar-refractivity contribution in [1.29, 1.82) is 0 Å². The second-order valence-electron chi connectivity index (χ2n) is 13.5. The number of aromatic nitrogens is 1. The largest absolute Gasteiger partial charge is 0.461 e. The van der Waals surface area contributed by atoms with Gasteiger partial charge in [-0.05, 0) is 66.1 Å². The maximum Gasteiger partial charge on any atom is 0.306 e. The number of aryl methyl sites for hydroxylation is 1. The van der Waals surface area contributed by atoms with E-state index >= 15 is 0 Å². The van der Waals surface area contributed by atoms with Crippen molar-refractivity contribution in [2.75, 3.05) is 4.90 Å². The first kappa shape index (κ1) is 34.4. The van der Waals surface area contributed by atoms with E-state index in [0.717, 1.165) is 28.6 Å². The van der Waals surface area contributed by atoms with Crippen molar-refractivity contribution < 1.29 is 14.3 Å². The Balaban J connectivity index is 1.22. The zero-order chi connectivity index (χ0) is 34.9. The van der Waals surface area contributed by atoms with Crippen molar-refractivity contribution in [3.63, 3.8) is 0 Å². The minimum atomic E-state index is -0.223. The van der Waals surface area contributed by atoms with Crippen molar-refractivity contribution in [1.82, 2.24) is 4.57 Å². The third kappa shape index (κ3) is 8.59. The van der Waals surface area contributed by atoms with E-state index < -0.39 is 0 Å². The molecule has 1 unspecified atom stereocenters. The molecule has 0 amide bonds. The van der Waals surface area contributed by atoms with Gasteiger partial charge in [0.05, 0.1) is 6.04 Å². The molecule has 0 fully saturated rings. The molecule has 6 rings (SSSR count). The van der Waals surface area contributed by atoms with Crippen LogP contribution in [-0.4, -0.2) is 16.3 Å². The monoisotopic (exact) mass is 662 g/mol. The molecule has 0 N–H and O–H groups in total.